The van der Waals surface area contributed by atoms with Crippen molar-refractivity contribution < 1.29 is 22.8 Å². The smallest absolute Gasteiger partial charge is 0.292 e. The van der Waals surface area contributed by atoms with Crippen LogP contribution in [0.4, 0.5) is 13.2 Å². The number of carbonyl (C=O) groups is 2. The molecule has 1 aromatic rings. The van der Waals surface area contributed by atoms with Crippen LogP contribution in [0.1, 0.15) is 24.5 Å². The molecule has 1 aliphatic rings. The van der Waals surface area contributed by atoms with E-state index >= 15 is 0 Å². The Morgan fingerprint density at radius 1 is 1.21 bits per heavy atom. The largest absolute Gasteiger partial charge is 0.416 e. The number of nitrogens with one attached hydrogen (secondary N) is 1. The lowest BCUT2D eigenvalue weighted by molar-refractivity contribution is -0.137. The number of imide groups is 1. The minimum absolute atomic E-state index is 0.0742. The Bertz CT molecular complexity index is 588. The second-order valence-corrected chi connectivity index (χ2v) is 4.20. The van der Waals surface area contributed by atoms with Gasteiger partial charge >= 0.3 is 6.18 Å². The quantitative estimate of drug-likeness (QED) is 0.629. The third-order valence-corrected chi connectivity index (χ3v) is 2.95. The molecule has 19 heavy (non-hydrogen) atoms. The SMILES string of the molecule is CC(=C1CC(=O)NC1=O)c1ccccc1C(F)(F)F. The number of hydrogen-bond donors (Lipinski definition) is 1. The minimum Gasteiger partial charge on any atom is -0.292 e. The highest BCUT2D eigenvalue weighted by atomic mass is 19.4. The number of hydrogen-bond acceptors (Lipinski definition) is 2. The highest BCUT2D eigenvalue weighted by Gasteiger charge is 2.35. The van der Waals surface area contributed by atoms with Crippen molar-refractivity contribution in [1.29, 1.82) is 0 Å². The van der Waals surface area contributed by atoms with E-state index in [0.717, 1.165) is 6.07 Å². The van der Waals surface area contributed by atoms with Gasteiger partial charge in [-0.2, -0.15) is 13.2 Å². The fourth-order valence-corrected chi connectivity index (χ4v) is 2.01. The van der Waals surface area contributed by atoms with Crippen LogP contribution in [-0.2, 0) is 15.8 Å². The monoisotopic (exact) mass is 269 g/mol. The molecule has 0 aromatic heterocycles. The summed E-state index contributed by atoms with van der Waals surface area (Å²) in [7, 11) is 0. The van der Waals surface area contributed by atoms with Gasteiger partial charge < -0.3 is 0 Å². The molecule has 0 spiro atoms. The third kappa shape index (κ3) is 2.52. The Labute approximate surface area is 107 Å². The summed E-state index contributed by atoms with van der Waals surface area (Å²) in [6, 6.07) is 4.99. The van der Waals surface area contributed by atoms with Crippen LogP contribution in [0.2, 0.25) is 0 Å². The molecule has 0 aliphatic carbocycles. The highest BCUT2D eigenvalue weighted by molar-refractivity contribution is 6.17. The lowest BCUT2D eigenvalue weighted by atomic mass is 9.95. The first-order chi connectivity index (χ1) is 8.80. The van der Waals surface area contributed by atoms with E-state index in [0.29, 0.717) is 0 Å². The number of carbonyl (C=O) groups excluding carboxylic acids is 2. The molecule has 2 rings (SSSR count). The fraction of sp³-hybridized carbons (Fsp3) is 0.231. The maximum atomic E-state index is 12.9. The van der Waals surface area contributed by atoms with Crippen molar-refractivity contribution in [2.75, 3.05) is 0 Å². The molecule has 1 aromatic carbocycles. The van der Waals surface area contributed by atoms with E-state index in [1.165, 1.54) is 25.1 Å². The molecule has 1 N–H and O–H groups in total. The molecule has 1 heterocycles. The van der Waals surface area contributed by atoms with Gasteiger partial charge in [0.15, 0.2) is 0 Å². The fourth-order valence-electron chi connectivity index (χ4n) is 2.01. The van der Waals surface area contributed by atoms with Crippen LogP contribution >= 0.6 is 0 Å². The highest BCUT2D eigenvalue weighted by Crippen LogP contribution is 2.36. The van der Waals surface area contributed by atoms with Crippen LogP contribution in [0.15, 0.2) is 29.8 Å². The van der Waals surface area contributed by atoms with Crippen molar-refractivity contribution in [3.8, 4) is 0 Å². The van der Waals surface area contributed by atoms with Crippen molar-refractivity contribution in [2.45, 2.75) is 19.5 Å². The number of halogens is 3. The zero-order chi connectivity index (χ0) is 14.2. The average Bonchev–Trinajstić information content (AvgIpc) is 2.66. The first kappa shape index (κ1) is 13.3. The Balaban J connectivity index is 2.57. The Morgan fingerprint density at radius 3 is 2.37 bits per heavy atom. The summed E-state index contributed by atoms with van der Waals surface area (Å²) in [6.45, 7) is 1.41. The van der Waals surface area contributed by atoms with Crippen LogP contribution in [0.5, 0.6) is 0 Å². The number of amides is 2. The predicted octanol–water partition coefficient (Wildman–Crippen LogP) is 2.53. The van der Waals surface area contributed by atoms with E-state index < -0.39 is 23.6 Å². The molecule has 3 nitrogen and oxygen atoms in total. The minimum atomic E-state index is -4.50. The number of rotatable bonds is 1. The Hall–Kier alpha value is -2.11. The Kier molecular flexibility index (Phi) is 3.18. The second-order valence-electron chi connectivity index (χ2n) is 4.20. The van der Waals surface area contributed by atoms with Gasteiger partial charge in [0, 0.05) is 5.57 Å². The molecule has 100 valence electrons. The molecule has 0 saturated carbocycles. The van der Waals surface area contributed by atoms with Gasteiger partial charge in [0.2, 0.25) is 5.91 Å². The van der Waals surface area contributed by atoms with Crippen molar-refractivity contribution in [2.24, 2.45) is 0 Å². The summed E-state index contributed by atoms with van der Waals surface area (Å²) in [6.07, 6.45) is -4.69. The maximum Gasteiger partial charge on any atom is 0.416 e. The van der Waals surface area contributed by atoms with Crippen LogP contribution < -0.4 is 5.32 Å². The Morgan fingerprint density at radius 2 is 1.84 bits per heavy atom. The molecule has 2 amide bonds. The average molecular weight is 269 g/mol. The van der Waals surface area contributed by atoms with Crippen LogP contribution in [0.3, 0.4) is 0 Å². The van der Waals surface area contributed by atoms with Crippen molar-refractivity contribution in [3.63, 3.8) is 0 Å². The molecule has 0 unspecified atom stereocenters. The van der Waals surface area contributed by atoms with E-state index in [2.05, 4.69) is 5.32 Å². The molecule has 0 bridgehead atoms. The van der Waals surface area contributed by atoms with Crippen LogP contribution in [-0.4, -0.2) is 11.8 Å². The first-order valence-electron chi connectivity index (χ1n) is 5.51. The summed E-state index contributed by atoms with van der Waals surface area (Å²) < 4.78 is 38.6. The number of alkyl halides is 3. The standard InChI is InChI=1S/C13H10F3NO2/c1-7(9-6-11(18)17-12(9)19)8-4-2-3-5-10(8)13(14,15)16/h2-5H,6H2,1H3,(H,17,18,19). The lowest BCUT2D eigenvalue weighted by Gasteiger charge is -2.14. The van der Waals surface area contributed by atoms with Crippen molar-refractivity contribution in [3.05, 3.63) is 41.0 Å². The number of allylic oxidation sites excluding steroid dienone is 1. The molecule has 1 saturated heterocycles. The van der Waals surface area contributed by atoms with Gasteiger partial charge in [-0.1, -0.05) is 18.2 Å². The van der Waals surface area contributed by atoms with E-state index in [1.807, 2.05) is 0 Å². The maximum absolute atomic E-state index is 12.9. The molecule has 0 atom stereocenters. The van der Waals surface area contributed by atoms with E-state index in [9.17, 15) is 22.8 Å². The molecule has 6 heteroatoms. The van der Waals surface area contributed by atoms with Gasteiger partial charge in [0.05, 0.1) is 12.0 Å². The van der Waals surface area contributed by atoms with Crippen LogP contribution in [0.25, 0.3) is 5.57 Å². The topological polar surface area (TPSA) is 46.2 Å². The zero-order valence-corrected chi connectivity index (χ0v) is 9.97. The summed E-state index contributed by atoms with van der Waals surface area (Å²) >= 11 is 0. The lowest BCUT2D eigenvalue weighted by Crippen LogP contribution is -2.19. The van der Waals surface area contributed by atoms with E-state index in [1.54, 1.807) is 0 Å². The molecular formula is C13H10F3NO2. The zero-order valence-electron chi connectivity index (χ0n) is 9.97. The summed E-state index contributed by atoms with van der Waals surface area (Å²) in [5.74, 6) is -1.12. The summed E-state index contributed by atoms with van der Waals surface area (Å²) in [4.78, 5) is 22.6. The molecule has 1 fully saturated rings. The van der Waals surface area contributed by atoms with Gasteiger partial charge in [0.25, 0.3) is 5.91 Å². The van der Waals surface area contributed by atoms with Crippen molar-refractivity contribution >= 4 is 17.4 Å². The van der Waals surface area contributed by atoms with Gasteiger partial charge in [-0.25, -0.2) is 0 Å². The number of benzene rings is 1. The third-order valence-electron chi connectivity index (χ3n) is 2.95. The predicted molar refractivity (Wildman–Crippen MR) is 61.8 cm³/mol. The van der Waals surface area contributed by atoms with Gasteiger partial charge in [-0.3, -0.25) is 14.9 Å². The van der Waals surface area contributed by atoms with Gasteiger partial charge in [-0.05, 0) is 24.1 Å². The summed E-state index contributed by atoms with van der Waals surface area (Å²) in [5.41, 5.74) is -0.625. The van der Waals surface area contributed by atoms with Gasteiger partial charge in [-0.15, -0.1) is 0 Å². The molecule has 1 aliphatic heterocycles. The van der Waals surface area contributed by atoms with Crippen LogP contribution in [0, 0.1) is 0 Å². The second kappa shape index (κ2) is 4.53. The van der Waals surface area contributed by atoms with Gasteiger partial charge in [0.1, 0.15) is 0 Å². The van der Waals surface area contributed by atoms with E-state index in [-0.39, 0.29) is 23.1 Å². The summed E-state index contributed by atoms with van der Waals surface area (Å²) in [5, 5.41) is 2.06. The normalized spacial score (nSPS) is 18.5. The molecular weight excluding hydrogens is 259 g/mol. The molecule has 0 radical (unpaired) electrons. The van der Waals surface area contributed by atoms with Crippen molar-refractivity contribution in [1.82, 2.24) is 5.32 Å². The van der Waals surface area contributed by atoms with E-state index in [4.69, 9.17) is 0 Å². The first-order valence-corrected chi connectivity index (χ1v) is 5.51.